The first-order valence-corrected chi connectivity index (χ1v) is 8.59. The first-order chi connectivity index (χ1) is 11.6. The van der Waals surface area contributed by atoms with Gasteiger partial charge >= 0.3 is 5.97 Å². The molecule has 0 unspecified atom stereocenters. The highest BCUT2D eigenvalue weighted by molar-refractivity contribution is 6.34. The molecular weight excluding hydrogens is 344 g/mol. The molecule has 2 amide bonds. The SMILES string of the molecule is C[C@@H](OC(=O)c1ccc(Cl)c(N2CCCC2=O)c1)C(=O)NC(C)(C)C. The quantitative estimate of drug-likeness (QED) is 0.831. The monoisotopic (exact) mass is 366 g/mol. The normalized spacial score (nSPS) is 15.9. The maximum atomic E-state index is 12.3. The molecule has 136 valence electrons. The van der Waals surface area contributed by atoms with Gasteiger partial charge in [0.25, 0.3) is 5.91 Å². The Morgan fingerprint density at radius 2 is 2.00 bits per heavy atom. The average Bonchev–Trinajstić information content (AvgIpc) is 2.91. The predicted molar refractivity (Wildman–Crippen MR) is 95.8 cm³/mol. The molecule has 1 fully saturated rings. The zero-order valence-electron chi connectivity index (χ0n) is 14.9. The summed E-state index contributed by atoms with van der Waals surface area (Å²) in [6.07, 6.45) is 0.294. The fourth-order valence-corrected chi connectivity index (χ4v) is 2.72. The number of carbonyl (C=O) groups excluding carboxylic acids is 3. The summed E-state index contributed by atoms with van der Waals surface area (Å²) in [7, 11) is 0. The summed E-state index contributed by atoms with van der Waals surface area (Å²) >= 11 is 6.16. The Bertz CT molecular complexity index is 697. The van der Waals surface area contributed by atoms with Crippen molar-refractivity contribution in [1.29, 1.82) is 0 Å². The molecule has 1 saturated heterocycles. The van der Waals surface area contributed by atoms with E-state index in [-0.39, 0.29) is 17.4 Å². The minimum absolute atomic E-state index is 0.0228. The van der Waals surface area contributed by atoms with Crippen LogP contribution in [-0.2, 0) is 14.3 Å². The van der Waals surface area contributed by atoms with Gasteiger partial charge in [-0.1, -0.05) is 11.6 Å². The summed E-state index contributed by atoms with van der Waals surface area (Å²) in [5, 5.41) is 3.15. The van der Waals surface area contributed by atoms with Crippen LogP contribution in [0.15, 0.2) is 18.2 Å². The van der Waals surface area contributed by atoms with Gasteiger partial charge in [0.05, 0.1) is 16.3 Å². The van der Waals surface area contributed by atoms with Gasteiger partial charge < -0.3 is 15.0 Å². The summed E-state index contributed by atoms with van der Waals surface area (Å²) in [5.41, 5.74) is 0.321. The molecule has 1 aromatic carbocycles. The number of nitrogens with one attached hydrogen (secondary N) is 1. The lowest BCUT2D eigenvalue weighted by Crippen LogP contribution is -2.46. The minimum atomic E-state index is -0.931. The van der Waals surface area contributed by atoms with Crippen molar-refractivity contribution in [3.05, 3.63) is 28.8 Å². The molecular formula is C18H23ClN2O4. The topological polar surface area (TPSA) is 75.7 Å². The molecule has 0 radical (unpaired) electrons. The van der Waals surface area contributed by atoms with E-state index in [2.05, 4.69) is 5.32 Å². The molecule has 1 aliphatic heterocycles. The van der Waals surface area contributed by atoms with Crippen molar-refractivity contribution in [2.75, 3.05) is 11.4 Å². The summed E-state index contributed by atoms with van der Waals surface area (Å²) in [5.74, 6) is -1.03. The molecule has 7 heteroatoms. The Morgan fingerprint density at radius 1 is 1.32 bits per heavy atom. The molecule has 1 N–H and O–H groups in total. The van der Waals surface area contributed by atoms with E-state index in [1.54, 1.807) is 11.0 Å². The van der Waals surface area contributed by atoms with Crippen LogP contribution in [0.1, 0.15) is 50.9 Å². The van der Waals surface area contributed by atoms with Crippen LogP contribution in [0, 0.1) is 0 Å². The summed E-state index contributed by atoms with van der Waals surface area (Å²) in [6.45, 7) is 7.62. The van der Waals surface area contributed by atoms with Crippen LogP contribution in [-0.4, -0.2) is 36.0 Å². The molecule has 2 rings (SSSR count). The van der Waals surface area contributed by atoms with Crippen molar-refractivity contribution in [3.63, 3.8) is 0 Å². The van der Waals surface area contributed by atoms with Crippen molar-refractivity contribution >= 4 is 35.1 Å². The summed E-state index contributed by atoms with van der Waals surface area (Å²) in [6, 6.07) is 4.60. The van der Waals surface area contributed by atoms with Crippen molar-refractivity contribution in [3.8, 4) is 0 Å². The van der Waals surface area contributed by atoms with Gasteiger partial charge in [0, 0.05) is 18.5 Å². The van der Waals surface area contributed by atoms with Gasteiger partial charge in [0.15, 0.2) is 6.10 Å². The van der Waals surface area contributed by atoms with E-state index in [4.69, 9.17) is 16.3 Å². The van der Waals surface area contributed by atoms with E-state index in [0.29, 0.717) is 23.7 Å². The summed E-state index contributed by atoms with van der Waals surface area (Å²) < 4.78 is 5.23. The van der Waals surface area contributed by atoms with E-state index < -0.39 is 17.6 Å². The standard InChI is InChI=1S/C18H23ClN2O4/c1-11(16(23)20-18(2,3)4)25-17(24)12-7-8-13(19)14(10-12)21-9-5-6-15(21)22/h7-8,10-11H,5-6,9H2,1-4H3,(H,20,23)/t11-/m1/s1. The van der Waals surface area contributed by atoms with E-state index in [1.807, 2.05) is 20.8 Å². The lowest BCUT2D eigenvalue weighted by Gasteiger charge is -2.23. The maximum absolute atomic E-state index is 12.3. The first kappa shape index (κ1) is 19.2. The number of anilines is 1. The second-order valence-electron chi connectivity index (χ2n) is 7.10. The maximum Gasteiger partial charge on any atom is 0.338 e. The van der Waals surface area contributed by atoms with Crippen molar-refractivity contribution in [2.45, 2.75) is 52.2 Å². The van der Waals surface area contributed by atoms with Gasteiger partial charge in [-0.3, -0.25) is 9.59 Å². The highest BCUT2D eigenvalue weighted by atomic mass is 35.5. The van der Waals surface area contributed by atoms with Gasteiger partial charge in [0.2, 0.25) is 5.91 Å². The van der Waals surface area contributed by atoms with Gasteiger partial charge in [0.1, 0.15) is 0 Å². The largest absolute Gasteiger partial charge is 0.449 e. The molecule has 1 aliphatic rings. The van der Waals surface area contributed by atoms with Gasteiger partial charge in [-0.05, 0) is 52.3 Å². The van der Waals surface area contributed by atoms with Crippen LogP contribution in [0.5, 0.6) is 0 Å². The Morgan fingerprint density at radius 3 is 2.56 bits per heavy atom. The molecule has 25 heavy (non-hydrogen) atoms. The van der Waals surface area contributed by atoms with E-state index in [9.17, 15) is 14.4 Å². The number of nitrogens with zero attached hydrogens (tertiary/aromatic N) is 1. The molecule has 0 aromatic heterocycles. The summed E-state index contributed by atoms with van der Waals surface area (Å²) in [4.78, 5) is 37.8. The lowest BCUT2D eigenvalue weighted by molar-refractivity contribution is -0.130. The zero-order valence-corrected chi connectivity index (χ0v) is 15.6. The molecule has 0 spiro atoms. The number of amides is 2. The highest BCUT2D eigenvalue weighted by Crippen LogP contribution is 2.30. The predicted octanol–water partition coefficient (Wildman–Crippen LogP) is 2.93. The number of carbonyl (C=O) groups is 3. The molecule has 0 bridgehead atoms. The fourth-order valence-electron chi connectivity index (χ4n) is 2.50. The van der Waals surface area contributed by atoms with E-state index in [0.717, 1.165) is 6.42 Å². The van der Waals surface area contributed by atoms with Crippen LogP contribution >= 0.6 is 11.6 Å². The van der Waals surface area contributed by atoms with E-state index >= 15 is 0 Å². The lowest BCUT2D eigenvalue weighted by atomic mass is 10.1. The second kappa shape index (κ2) is 7.44. The Labute approximate surface area is 152 Å². The number of hydrogen-bond acceptors (Lipinski definition) is 4. The Hall–Kier alpha value is -2.08. The van der Waals surface area contributed by atoms with Crippen molar-refractivity contribution in [1.82, 2.24) is 5.32 Å². The molecule has 6 nitrogen and oxygen atoms in total. The molecule has 1 heterocycles. The van der Waals surface area contributed by atoms with E-state index in [1.165, 1.54) is 19.1 Å². The fraction of sp³-hybridized carbons (Fsp3) is 0.500. The zero-order chi connectivity index (χ0) is 18.8. The average molecular weight is 367 g/mol. The van der Waals surface area contributed by atoms with Crippen LogP contribution in [0.25, 0.3) is 0 Å². The molecule has 1 atom stereocenters. The highest BCUT2D eigenvalue weighted by Gasteiger charge is 2.26. The third kappa shape index (κ3) is 4.95. The van der Waals surface area contributed by atoms with Crippen molar-refractivity contribution in [2.24, 2.45) is 0 Å². The molecule has 1 aromatic rings. The van der Waals surface area contributed by atoms with Crippen molar-refractivity contribution < 1.29 is 19.1 Å². The molecule has 0 saturated carbocycles. The van der Waals surface area contributed by atoms with Crippen LogP contribution in [0.4, 0.5) is 5.69 Å². The molecule has 0 aliphatic carbocycles. The number of esters is 1. The van der Waals surface area contributed by atoms with Crippen LogP contribution in [0.3, 0.4) is 0 Å². The number of rotatable bonds is 4. The third-order valence-corrected chi connectivity index (χ3v) is 4.02. The second-order valence-corrected chi connectivity index (χ2v) is 7.51. The number of ether oxygens (including phenoxy) is 1. The van der Waals surface area contributed by atoms with Gasteiger partial charge in [-0.15, -0.1) is 0 Å². The Kier molecular flexibility index (Phi) is 5.72. The number of benzene rings is 1. The first-order valence-electron chi connectivity index (χ1n) is 8.21. The smallest absolute Gasteiger partial charge is 0.338 e. The minimum Gasteiger partial charge on any atom is -0.449 e. The number of halogens is 1. The van der Waals surface area contributed by atoms with Gasteiger partial charge in [-0.25, -0.2) is 4.79 Å². The Balaban J connectivity index is 2.12. The third-order valence-electron chi connectivity index (χ3n) is 3.70. The number of hydrogen-bond donors (Lipinski definition) is 1. The van der Waals surface area contributed by atoms with Gasteiger partial charge in [-0.2, -0.15) is 0 Å². The van der Waals surface area contributed by atoms with Crippen LogP contribution in [0.2, 0.25) is 5.02 Å². The van der Waals surface area contributed by atoms with Crippen LogP contribution < -0.4 is 10.2 Å².